The van der Waals surface area contributed by atoms with Gasteiger partial charge in [0.05, 0.1) is 5.60 Å². The average molecular weight is 310 g/mol. The molecule has 4 nitrogen and oxygen atoms in total. The smallest absolute Gasteiger partial charge is 0.223 e. The Hall–Kier alpha value is -0.610. The fourth-order valence-corrected chi connectivity index (χ4v) is 3.81. The molecule has 128 valence electrons. The van der Waals surface area contributed by atoms with E-state index in [1.807, 2.05) is 0 Å². The first-order valence-electron chi connectivity index (χ1n) is 9.31. The highest BCUT2D eigenvalue weighted by Gasteiger charge is 2.29. The van der Waals surface area contributed by atoms with Gasteiger partial charge in [0.15, 0.2) is 0 Å². The van der Waals surface area contributed by atoms with Gasteiger partial charge in [0.25, 0.3) is 0 Å². The van der Waals surface area contributed by atoms with E-state index in [1.54, 1.807) is 0 Å². The fraction of sp³-hybridized carbons (Fsp3) is 0.944. The van der Waals surface area contributed by atoms with Crippen molar-refractivity contribution >= 4 is 5.91 Å². The van der Waals surface area contributed by atoms with E-state index in [0.29, 0.717) is 6.04 Å². The molecule has 22 heavy (non-hydrogen) atoms. The standard InChI is InChI=1S/C18H34N2O2/c1-3-18(22,4-2)14-20-12-10-16(11-13-20)19-17(21)15-8-6-5-7-9-15/h15-16,22H,3-14H2,1-2H3,(H,19,21). The van der Waals surface area contributed by atoms with E-state index < -0.39 is 5.60 Å². The minimum Gasteiger partial charge on any atom is -0.389 e. The van der Waals surface area contributed by atoms with E-state index in [4.69, 9.17) is 0 Å². The van der Waals surface area contributed by atoms with Crippen molar-refractivity contribution in [1.82, 2.24) is 10.2 Å². The molecule has 2 aliphatic rings. The van der Waals surface area contributed by atoms with Crippen LogP contribution in [0.3, 0.4) is 0 Å². The quantitative estimate of drug-likeness (QED) is 0.793. The molecule has 0 aromatic heterocycles. The first-order chi connectivity index (χ1) is 10.6. The SMILES string of the molecule is CCC(O)(CC)CN1CCC(NC(=O)C2CCCCC2)CC1. The van der Waals surface area contributed by atoms with E-state index in [-0.39, 0.29) is 11.8 Å². The number of rotatable bonds is 6. The molecular weight excluding hydrogens is 276 g/mol. The highest BCUT2D eigenvalue weighted by atomic mass is 16.3. The van der Waals surface area contributed by atoms with Gasteiger partial charge in [0.1, 0.15) is 0 Å². The van der Waals surface area contributed by atoms with Gasteiger partial charge in [-0.3, -0.25) is 4.79 Å². The van der Waals surface area contributed by atoms with E-state index in [0.717, 1.165) is 58.2 Å². The van der Waals surface area contributed by atoms with Crippen LogP contribution in [0.15, 0.2) is 0 Å². The van der Waals surface area contributed by atoms with Crippen molar-refractivity contribution in [1.29, 1.82) is 0 Å². The van der Waals surface area contributed by atoms with Crippen molar-refractivity contribution in [3.8, 4) is 0 Å². The topological polar surface area (TPSA) is 52.6 Å². The number of amides is 1. The van der Waals surface area contributed by atoms with Crippen molar-refractivity contribution in [3.05, 3.63) is 0 Å². The van der Waals surface area contributed by atoms with Gasteiger partial charge >= 0.3 is 0 Å². The molecule has 1 amide bonds. The second-order valence-corrected chi connectivity index (χ2v) is 7.33. The molecule has 0 bridgehead atoms. The van der Waals surface area contributed by atoms with E-state index in [1.165, 1.54) is 19.3 Å². The highest BCUT2D eigenvalue weighted by Crippen LogP contribution is 2.24. The second-order valence-electron chi connectivity index (χ2n) is 7.33. The van der Waals surface area contributed by atoms with E-state index in [2.05, 4.69) is 24.1 Å². The molecule has 4 heteroatoms. The molecule has 1 saturated carbocycles. The number of carbonyl (C=O) groups is 1. The molecule has 2 fully saturated rings. The van der Waals surface area contributed by atoms with Crippen molar-refractivity contribution in [2.24, 2.45) is 5.92 Å². The zero-order chi connectivity index (χ0) is 16.0. The molecule has 0 atom stereocenters. The maximum Gasteiger partial charge on any atom is 0.223 e. The molecule has 1 aliphatic heterocycles. The number of hydrogen-bond acceptors (Lipinski definition) is 3. The number of carbonyl (C=O) groups excluding carboxylic acids is 1. The predicted molar refractivity (Wildman–Crippen MR) is 89.7 cm³/mol. The Morgan fingerprint density at radius 1 is 1.09 bits per heavy atom. The zero-order valence-corrected chi connectivity index (χ0v) is 14.4. The largest absolute Gasteiger partial charge is 0.389 e. The van der Waals surface area contributed by atoms with Gasteiger partial charge in [0, 0.05) is 31.6 Å². The van der Waals surface area contributed by atoms with E-state index in [9.17, 15) is 9.90 Å². The van der Waals surface area contributed by atoms with Crippen LogP contribution >= 0.6 is 0 Å². The van der Waals surface area contributed by atoms with Gasteiger partial charge in [-0.2, -0.15) is 0 Å². The third kappa shape index (κ3) is 4.95. The molecular formula is C18H34N2O2. The summed E-state index contributed by atoms with van der Waals surface area (Å²) in [5.74, 6) is 0.550. The average Bonchev–Trinajstić information content (AvgIpc) is 2.57. The van der Waals surface area contributed by atoms with Crippen LogP contribution in [-0.2, 0) is 4.79 Å². The maximum absolute atomic E-state index is 12.3. The first kappa shape index (κ1) is 17.7. The van der Waals surface area contributed by atoms with Crippen LogP contribution in [0.4, 0.5) is 0 Å². The number of nitrogens with zero attached hydrogens (tertiary/aromatic N) is 1. The third-order valence-corrected chi connectivity index (χ3v) is 5.74. The summed E-state index contributed by atoms with van der Waals surface area (Å²) < 4.78 is 0. The lowest BCUT2D eigenvalue weighted by Crippen LogP contribution is -2.50. The molecule has 0 aromatic carbocycles. The van der Waals surface area contributed by atoms with Crippen LogP contribution in [0.25, 0.3) is 0 Å². The van der Waals surface area contributed by atoms with Crippen LogP contribution < -0.4 is 5.32 Å². The van der Waals surface area contributed by atoms with Gasteiger partial charge in [-0.1, -0.05) is 33.1 Å². The van der Waals surface area contributed by atoms with Gasteiger partial charge < -0.3 is 15.3 Å². The van der Waals surface area contributed by atoms with Crippen molar-refractivity contribution in [2.45, 2.75) is 83.3 Å². The number of likely N-dealkylation sites (tertiary alicyclic amines) is 1. The zero-order valence-electron chi connectivity index (χ0n) is 14.4. The lowest BCUT2D eigenvalue weighted by Gasteiger charge is -2.38. The highest BCUT2D eigenvalue weighted by molar-refractivity contribution is 5.79. The van der Waals surface area contributed by atoms with Crippen LogP contribution in [-0.4, -0.2) is 47.2 Å². The monoisotopic (exact) mass is 310 g/mol. The lowest BCUT2D eigenvalue weighted by molar-refractivity contribution is -0.127. The predicted octanol–water partition coefficient (Wildman–Crippen LogP) is 2.70. The minimum absolute atomic E-state index is 0.261. The van der Waals surface area contributed by atoms with Gasteiger partial charge in [-0.05, 0) is 38.5 Å². The molecule has 0 unspecified atom stereocenters. The Labute approximate surface area is 135 Å². The Morgan fingerprint density at radius 2 is 1.68 bits per heavy atom. The van der Waals surface area contributed by atoms with Crippen LogP contribution in [0.1, 0.15) is 71.6 Å². The maximum atomic E-state index is 12.3. The normalized spacial score (nSPS) is 22.7. The van der Waals surface area contributed by atoms with Crippen LogP contribution in [0.2, 0.25) is 0 Å². The molecule has 0 radical (unpaired) electrons. The molecule has 0 aromatic rings. The Morgan fingerprint density at radius 3 is 2.23 bits per heavy atom. The number of piperidine rings is 1. The molecule has 0 spiro atoms. The second kappa shape index (κ2) is 8.30. The Balaban J connectivity index is 1.71. The Kier molecular flexibility index (Phi) is 6.69. The molecule has 1 heterocycles. The summed E-state index contributed by atoms with van der Waals surface area (Å²) in [7, 11) is 0. The summed E-state index contributed by atoms with van der Waals surface area (Å²) in [4.78, 5) is 14.7. The van der Waals surface area contributed by atoms with E-state index >= 15 is 0 Å². The van der Waals surface area contributed by atoms with Crippen LogP contribution in [0, 0.1) is 5.92 Å². The number of nitrogens with one attached hydrogen (secondary N) is 1. The summed E-state index contributed by atoms with van der Waals surface area (Å²) in [6.07, 6.45) is 9.51. The Bertz CT molecular complexity index is 341. The summed E-state index contributed by atoms with van der Waals surface area (Å²) in [5.41, 5.74) is -0.543. The van der Waals surface area contributed by atoms with Crippen LogP contribution in [0.5, 0.6) is 0 Å². The minimum atomic E-state index is -0.543. The van der Waals surface area contributed by atoms with Gasteiger partial charge in [-0.25, -0.2) is 0 Å². The summed E-state index contributed by atoms with van der Waals surface area (Å²) >= 11 is 0. The number of hydrogen-bond donors (Lipinski definition) is 2. The van der Waals surface area contributed by atoms with Crippen molar-refractivity contribution < 1.29 is 9.90 Å². The van der Waals surface area contributed by atoms with Gasteiger partial charge in [-0.15, -0.1) is 0 Å². The van der Waals surface area contributed by atoms with Gasteiger partial charge in [0.2, 0.25) is 5.91 Å². The van der Waals surface area contributed by atoms with Crippen molar-refractivity contribution in [2.75, 3.05) is 19.6 Å². The summed E-state index contributed by atoms with van der Waals surface area (Å²) in [6.45, 7) is 6.85. The first-order valence-corrected chi connectivity index (χ1v) is 9.31. The fourth-order valence-electron chi connectivity index (χ4n) is 3.81. The van der Waals surface area contributed by atoms with Crippen molar-refractivity contribution in [3.63, 3.8) is 0 Å². The summed E-state index contributed by atoms with van der Waals surface area (Å²) in [6, 6.07) is 0.335. The molecule has 1 aliphatic carbocycles. The molecule has 1 saturated heterocycles. The number of aliphatic hydroxyl groups is 1. The molecule has 2 N–H and O–H groups in total. The lowest BCUT2D eigenvalue weighted by atomic mass is 9.88. The third-order valence-electron chi connectivity index (χ3n) is 5.74. The molecule has 2 rings (SSSR count). The summed E-state index contributed by atoms with van der Waals surface area (Å²) in [5, 5.41) is 13.7. The number of β-amino-alcohol motifs (C(OH)–C–C–N with tert-alkyl or cyclic N) is 1.